The van der Waals surface area contributed by atoms with Crippen molar-refractivity contribution in [3.05, 3.63) is 40.5 Å². The lowest BCUT2D eigenvalue weighted by molar-refractivity contribution is 0.102. The molecule has 0 aliphatic rings. The number of amides is 1. The minimum absolute atomic E-state index is 0.0213. The van der Waals surface area contributed by atoms with Crippen molar-refractivity contribution in [3.63, 3.8) is 0 Å². The molecule has 1 amide bonds. The molecule has 98 valence electrons. The zero-order chi connectivity index (χ0) is 14.0. The summed E-state index contributed by atoms with van der Waals surface area (Å²) in [4.78, 5) is 19.5. The average Bonchev–Trinajstić information content (AvgIpc) is 2.34. The van der Waals surface area contributed by atoms with Gasteiger partial charge in [0.15, 0.2) is 0 Å². The van der Waals surface area contributed by atoms with E-state index in [0.717, 1.165) is 5.56 Å². The Bertz CT molecular complexity index is 644. The largest absolute Gasteiger partial charge is 0.383 e. The minimum atomic E-state index is -0.414. The second kappa shape index (κ2) is 5.11. The fraction of sp³-hybridized carbons (Fsp3) is 0.0833. The smallest absolute Gasteiger partial charge is 0.260 e. The lowest BCUT2D eigenvalue weighted by Gasteiger charge is -2.10. The van der Waals surface area contributed by atoms with Crippen LogP contribution in [0, 0.1) is 6.92 Å². The van der Waals surface area contributed by atoms with Gasteiger partial charge in [0.25, 0.3) is 5.91 Å². The molecular formula is C12H12ClN5O. The predicted molar refractivity (Wildman–Crippen MR) is 75.0 cm³/mol. The Morgan fingerprint density at radius 1 is 1.37 bits per heavy atom. The van der Waals surface area contributed by atoms with Crippen LogP contribution in [0.2, 0.25) is 5.02 Å². The van der Waals surface area contributed by atoms with Crippen molar-refractivity contribution in [1.29, 1.82) is 0 Å². The summed E-state index contributed by atoms with van der Waals surface area (Å²) in [5, 5.41) is 3.27. The maximum Gasteiger partial charge on any atom is 0.260 e. The first-order valence-corrected chi connectivity index (χ1v) is 5.81. The molecule has 1 aromatic carbocycles. The zero-order valence-corrected chi connectivity index (χ0v) is 10.9. The number of carbonyl (C=O) groups excluding carboxylic acids is 1. The topological polar surface area (TPSA) is 107 Å². The molecule has 0 atom stereocenters. The summed E-state index contributed by atoms with van der Waals surface area (Å²) in [6.45, 7) is 1.81. The number of nitrogens with two attached hydrogens (primary N) is 2. The molecule has 2 aromatic rings. The summed E-state index contributed by atoms with van der Waals surface area (Å²) >= 11 is 5.98. The van der Waals surface area contributed by atoms with Crippen LogP contribution in [-0.2, 0) is 0 Å². The SMILES string of the molecule is Cc1c(Cl)cccc1NC(=O)c1cnc(N)nc1N. The molecule has 0 radical (unpaired) electrons. The standard InChI is InChI=1S/C12H12ClN5O/c1-6-8(13)3-2-4-9(6)17-11(19)7-5-16-12(15)18-10(7)14/h2-5H,1H3,(H,17,19)(H4,14,15,16,18). The first-order valence-electron chi connectivity index (χ1n) is 5.43. The van der Waals surface area contributed by atoms with Crippen LogP contribution in [0.1, 0.15) is 15.9 Å². The lowest BCUT2D eigenvalue weighted by Crippen LogP contribution is -2.16. The van der Waals surface area contributed by atoms with E-state index >= 15 is 0 Å². The highest BCUT2D eigenvalue weighted by molar-refractivity contribution is 6.31. The number of hydrogen-bond acceptors (Lipinski definition) is 5. The quantitative estimate of drug-likeness (QED) is 0.776. The molecule has 5 N–H and O–H groups in total. The van der Waals surface area contributed by atoms with Crippen molar-refractivity contribution in [3.8, 4) is 0 Å². The number of carbonyl (C=O) groups is 1. The van der Waals surface area contributed by atoms with Crippen LogP contribution in [0.15, 0.2) is 24.4 Å². The van der Waals surface area contributed by atoms with Gasteiger partial charge in [-0.05, 0) is 24.6 Å². The molecule has 0 saturated heterocycles. The molecule has 1 aromatic heterocycles. The van der Waals surface area contributed by atoms with E-state index in [4.69, 9.17) is 23.1 Å². The van der Waals surface area contributed by atoms with Gasteiger partial charge in [0.1, 0.15) is 11.4 Å². The fourth-order valence-corrected chi connectivity index (χ4v) is 1.69. The molecule has 0 saturated carbocycles. The molecule has 0 bridgehead atoms. The molecule has 0 fully saturated rings. The maximum atomic E-state index is 12.1. The number of halogens is 1. The summed E-state index contributed by atoms with van der Waals surface area (Å²) in [6.07, 6.45) is 1.28. The highest BCUT2D eigenvalue weighted by atomic mass is 35.5. The Balaban J connectivity index is 2.28. The molecule has 0 aliphatic heterocycles. The number of nitrogens with zero attached hydrogens (tertiary/aromatic N) is 2. The third kappa shape index (κ3) is 2.74. The van der Waals surface area contributed by atoms with Gasteiger partial charge in [-0.25, -0.2) is 4.98 Å². The van der Waals surface area contributed by atoms with Crippen molar-refractivity contribution in [2.75, 3.05) is 16.8 Å². The molecule has 1 heterocycles. The van der Waals surface area contributed by atoms with Crippen LogP contribution in [0.4, 0.5) is 17.5 Å². The van der Waals surface area contributed by atoms with Crippen molar-refractivity contribution in [2.45, 2.75) is 6.92 Å². The van der Waals surface area contributed by atoms with Gasteiger partial charge < -0.3 is 16.8 Å². The van der Waals surface area contributed by atoms with E-state index < -0.39 is 5.91 Å². The van der Waals surface area contributed by atoms with Gasteiger partial charge in [0.2, 0.25) is 5.95 Å². The fourth-order valence-electron chi connectivity index (χ4n) is 1.52. The summed E-state index contributed by atoms with van der Waals surface area (Å²) < 4.78 is 0. The number of anilines is 3. The Kier molecular flexibility index (Phi) is 3.52. The highest BCUT2D eigenvalue weighted by Gasteiger charge is 2.13. The summed E-state index contributed by atoms with van der Waals surface area (Å²) in [5.74, 6) is -0.361. The molecule has 0 aliphatic carbocycles. The lowest BCUT2D eigenvalue weighted by atomic mass is 10.2. The van der Waals surface area contributed by atoms with Crippen LogP contribution in [0.5, 0.6) is 0 Å². The molecular weight excluding hydrogens is 266 g/mol. The van der Waals surface area contributed by atoms with Crippen molar-refractivity contribution >= 4 is 35.0 Å². The Hall–Kier alpha value is -2.34. The number of benzene rings is 1. The Morgan fingerprint density at radius 2 is 2.11 bits per heavy atom. The van der Waals surface area contributed by atoms with Gasteiger partial charge in [-0.3, -0.25) is 4.79 Å². The molecule has 0 spiro atoms. The second-order valence-corrected chi connectivity index (χ2v) is 4.30. The third-order valence-corrected chi connectivity index (χ3v) is 3.01. The van der Waals surface area contributed by atoms with Gasteiger partial charge in [0, 0.05) is 16.9 Å². The van der Waals surface area contributed by atoms with E-state index in [1.807, 2.05) is 0 Å². The van der Waals surface area contributed by atoms with Crippen molar-refractivity contribution in [2.24, 2.45) is 0 Å². The van der Waals surface area contributed by atoms with Crippen LogP contribution >= 0.6 is 11.6 Å². The predicted octanol–water partition coefficient (Wildman–Crippen LogP) is 1.86. The normalized spacial score (nSPS) is 10.2. The van der Waals surface area contributed by atoms with Gasteiger partial charge in [-0.15, -0.1) is 0 Å². The molecule has 19 heavy (non-hydrogen) atoms. The zero-order valence-electron chi connectivity index (χ0n) is 10.1. The second-order valence-electron chi connectivity index (χ2n) is 3.89. The first kappa shape index (κ1) is 13.1. The molecule has 2 rings (SSSR count). The number of aromatic nitrogens is 2. The van der Waals surface area contributed by atoms with E-state index in [1.165, 1.54) is 6.20 Å². The maximum absolute atomic E-state index is 12.1. The monoisotopic (exact) mass is 277 g/mol. The molecule has 6 nitrogen and oxygen atoms in total. The number of rotatable bonds is 2. The Morgan fingerprint density at radius 3 is 2.79 bits per heavy atom. The van der Waals surface area contributed by atoms with E-state index in [0.29, 0.717) is 10.7 Å². The molecule has 7 heteroatoms. The van der Waals surface area contributed by atoms with Crippen LogP contribution < -0.4 is 16.8 Å². The van der Waals surface area contributed by atoms with Gasteiger partial charge >= 0.3 is 0 Å². The van der Waals surface area contributed by atoms with Crippen molar-refractivity contribution < 1.29 is 4.79 Å². The van der Waals surface area contributed by atoms with Gasteiger partial charge in [-0.2, -0.15) is 4.98 Å². The molecule has 0 unspecified atom stereocenters. The highest BCUT2D eigenvalue weighted by Crippen LogP contribution is 2.23. The number of hydrogen-bond donors (Lipinski definition) is 3. The van der Waals surface area contributed by atoms with E-state index in [2.05, 4.69) is 15.3 Å². The van der Waals surface area contributed by atoms with E-state index in [-0.39, 0.29) is 17.3 Å². The first-order chi connectivity index (χ1) is 8.99. The number of nitrogens with one attached hydrogen (secondary N) is 1. The summed E-state index contributed by atoms with van der Waals surface area (Å²) in [7, 11) is 0. The van der Waals surface area contributed by atoms with Crippen LogP contribution in [0.25, 0.3) is 0 Å². The third-order valence-electron chi connectivity index (χ3n) is 2.60. The van der Waals surface area contributed by atoms with Crippen LogP contribution in [-0.4, -0.2) is 15.9 Å². The van der Waals surface area contributed by atoms with Gasteiger partial charge in [0.05, 0.1) is 0 Å². The minimum Gasteiger partial charge on any atom is -0.383 e. The van der Waals surface area contributed by atoms with Crippen molar-refractivity contribution in [1.82, 2.24) is 9.97 Å². The summed E-state index contributed by atoms with van der Waals surface area (Å²) in [6, 6.07) is 5.23. The van der Waals surface area contributed by atoms with Crippen LogP contribution in [0.3, 0.4) is 0 Å². The van der Waals surface area contributed by atoms with E-state index in [1.54, 1.807) is 25.1 Å². The average molecular weight is 278 g/mol. The summed E-state index contributed by atoms with van der Waals surface area (Å²) in [5.41, 5.74) is 12.5. The van der Waals surface area contributed by atoms with Gasteiger partial charge in [-0.1, -0.05) is 17.7 Å². The van der Waals surface area contributed by atoms with E-state index in [9.17, 15) is 4.79 Å². The Labute approximate surface area is 114 Å². The number of nitrogen functional groups attached to an aromatic ring is 2.